The molecule has 0 saturated carbocycles. The van der Waals surface area contributed by atoms with Crippen LogP contribution in [0.2, 0.25) is 0 Å². The van der Waals surface area contributed by atoms with Gasteiger partial charge in [0.1, 0.15) is 0 Å². The van der Waals surface area contributed by atoms with E-state index in [-0.39, 0.29) is 5.78 Å². The maximum absolute atomic E-state index is 13.4. The second-order valence-electron chi connectivity index (χ2n) is 9.35. The van der Waals surface area contributed by atoms with Crippen LogP contribution in [0, 0.1) is 20.8 Å². The van der Waals surface area contributed by atoms with Crippen molar-refractivity contribution < 1.29 is 14.3 Å². The van der Waals surface area contributed by atoms with Crippen molar-refractivity contribution in [1.82, 2.24) is 9.55 Å². The molecule has 0 aliphatic carbocycles. The highest BCUT2D eigenvalue weighted by Crippen LogP contribution is 2.28. The molecule has 1 atom stereocenters. The van der Waals surface area contributed by atoms with Crippen molar-refractivity contribution in [1.29, 1.82) is 0 Å². The van der Waals surface area contributed by atoms with Gasteiger partial charge in [-0.25, -0.2) is 9.78 Å². The third kappa shape index (κ3) is 4.81. The Kier molecular flexibility index (Phi) is 6.45. The Morgan fingerprint density at radius 2 is 1.49 bits per heavy atom. The van der Waals surface area contributed by atoms with Gasteiger partial charge in [0.2, 0.25) is 5.78 Å². The zero-order chi connectivity index (χ0) is 26.1. The van der Waals surface area contributed by atoms with Gasteiger partial charge >= 0.3 is 5.97 Å². The molecular weight excluding hydrogens is 460 g/mol. The summed E-state index contributed by atoms with van der Waals surface area (Å²) in [7, 11) is 0. The van der Waals surface area contributed by atoms with E-state index in [4.69, 9.17) is 9.72 Å². The molecule has 2 heterocycles. The molecule has 184 valence electrons. The Balaban J connectivity index is 1.50. The lowest BCUT2D eigenvalue weighted by atomic mass is 10.0. The molecule has 0 radical (unpaired) electrons. The van der Waals surface area contributed by atoms with Crippen molar-refractivity contribution >= 4 is 22.7 Å². The summed E-state index contributed by atoms with van der Waals surface area (Å²) in [6.45, 7) is 7.73. The van der Waals surface area contributed by atoms with Crippen molar-refractivity contribution in [3.05, 3.63) is 119 Å². The number of aromatic nitrogens is 2. The first-order valence-electron chi connectivity index (χ1n) is 12.3. The van der Waals surface area contributed by atoms with E-state index in [0.29, 0.717) is 27.7 Å². The van der Waals surface area contributed by atoms with E-state index in [9.17, 15) is 9.59 Å². The van der Waals surface area contributed by atoms with Gasteiger partial charge in [-0.3, -0.25) is 4.79 Å². The number of ketones is 1. The summed E-state index contributed by atoms with van der Waals surface area (Å²) in [5, 5.41) is 0.698. The highest BCUT2D eigenvalue weighted by Gasteiger charge is 2.23. The van der Waals surface area contributed by atoms with Crippen molar-refractivity contribution in [2.45, 2.75) is 33.8 Å². The van der Waals surface area contributed by atoms with E-state index in [2.05, 4.69) is 42.7 Å². The molecule has 5 aromatic rings. The Morgan fingerprint density at radius 1 is 0.811 bits per heavy atom. The molecule has 37 heavy (non-hydrogen) atoms. The number of carbonyl (C=O) groups excluding carboxylic acids is 2. The number of Topliss-reactive ketones (excluding diaryl/α,β-unsaturated/α-hetero) is 1. The van der Waals surface area contributed by atoms with E-state index in [1.54, 1.807) is 37.3 Å². The SMILES string of the molecule is Cc1ccc2nc(-c3ccc(-n4c(C)ccc4C)cc3)cc(C(=O)O[C@H](C)C(=O)c3ccccc3)c2c1. The number of hydrogen-bond donors (Lipinski definition) is 0. The number of rotatable bonds is 6. The number of ether oxygens (including phenoxy) is 1. The van der Waals surface area contributed by atoms with Gasteiger partial charge in [0.25, 0.3) is 0 Å². The monoisotopic (exact) mass is 488 g/mol. The van der Waals surface area contributed by atoms with E-state index >= 15 is 0 Å². The molecule has 0 spiro atoms. The fraction of sp³-hybridized carbons (Fsp3) is 0.156. The minimum absolute atomic E-state index is 0.241. The lowest BCUT2D eigenvalue weighted by molar-refractivity contribution is 0.0320. The second kappa shape index (κ2) is 9.86. The lowest BCUT2D eigenvalue weighted by Gasteiger charge is -2.15. The van der Waals surface area contributed by atoms with Crippen LogP contribution in [0.25, 0.3) is 27.8 Å². The highest BCUT2D eigenvalue weighted by atomic mass is 16.5. The molecule has 0 aliphatic heterocycles. The molecule has 5 heteroatoms. The van der Waals surface area contributed by atoms with Crippen LogP contribution >= 0.6 is 0 Å². The van der Waals surface area contributed by atoms with Crippen LogP contribution in [0.4, 0.5) is 0 Å². The molecule has 0 bridgehead atoms. The number of pyridine rings is 1. The Hall–Kier alpha value is -4.51. The van der Waals surface area contributed by atoms with Gasteiger partial charge in [0.05, 0.1) is 16.8 Å². The van der Waals surface area contributed by atoms with Gasteiger partial charge in [-0.05, 0) is 70.2 Å². The van der Waals surface area contributed by atoms with Crippen LogP contribution in [0.15, 0.2) is 91.0 Å². The maximum atomic E-state index is 13.4. The molecule has 0 N–H and O–H groups in total. The van der Waals surface area contributed by atoms with E-state index in [0.717, 1.165) is 28.2 Å². The molecule has 2 aromatic heterocycles. The van der Waals surface area contributed by atoms with Crippen LogP contribution < -0.4 is 0 Å². The van der Waals surface area contributed by atoms with E-state index in [1.807, 2.05) is 43.3 Å². The maximum Gasteiger partial charge on any atom is 0.339 e. The van der Waals surface area contributed by atoms with Gasteiger partial charge in [-0.2, -0.15) is 0 Å². The molecule has 0 aliphatic rings. The van der Waals surface area contributed by atoms with Crippen molar-refractivity contribution in [2.24, 2.45) is 0 Å². The van der Waals surface area contributed by atoms with Crippen molar-refractivity contribution in [3.8, 4) is 16.9 Å². The van der Waals surface area contributed by atoms with Crippen LogP contribution in [0.5, 0.6) is 0 Å². The fourth-order valence-corrected chi connectivity index (χ4v) is 4.63. The van der Waals surface area contributed by atoms with Gasteiger partial charge < -0.3 is 9.30 Å². The average molecular weight is 489 g/mol. The zero-order valence-electron chi connectivity index (χ0n) is 21.4. The standard InChI is InChI=1S/C32H28N2O3/c1-20-10-17-29-27(18-20)28(32(36)37-23(4)31(35)25-8-6-5-7-9-25)19-30(33-29)24-13-15-26(16-14-24)34-21(2)11-12-22(34)3/h5-19,23H,1-4H3/t23-/m1/s1. The lowest BCUT2D eigenvalue weighted by Crippen LogP contribution is -2.24. The normalized spacial score (nSPS) is 11.9. The highest BCUT2D eigenvalue weighted by molar-refractivity contribution is 6.07. The first-order chi connectivity index (χ1) is 17.8. The Labute approximate surface area is 216 Å². The van der Waals surface area contributed by atoms with Crippen LogP contribution in [0.3, 0.4) is 0 Å². The average Bonchev–Trinajstić information content (AvgIpc) is 3.25. The number of nitrogens with zero attached hydrogens (tertiary/aromatic N) is 2. The number of aryl methyl sites for hydroxylation is 3. The summed E-state index contributed by atoms with van der Waals surface area (Å²) in [6.07, 6.45) is -0.918. The third-order valence-electron chi connectivity index (χ3n) is 6.59. The van der Waals surface area contributed by atoms with Crippen LogP contribution in [-0.4, -0.2) is 27.4 Å². The molecule has 0 fully saturated rings. The number of esters is 1. The molecule has 0 unspecified atom stereocenters. The van der Waals surface area contributed by atoms with Crippen molar-refractivity contribution in [3.63, 3.8) is 0 Å². The first kappa shape index (κ1) is 24.2. The smallest absolute Gasteiger partial charge is 0.339 e. The van der Waals surface area contributed by atoms with Crippen LogP contribution in [-0.2, 0) is 4.74 Å². The Bertz CT molecular complexity index is 1600. The molecule has 0 saturated heterocycles. The predicted molar refractivity (Wildman–Crippen MR) is 146 cm³/mol. The number of benzene rings is 3. The topological polar surface area (TPSA) is 61.2 Å². The van der Waals surface area contributed by atoms with Gasteiger partial charge in [0, 0.05) is 33.6 Å². The summed E-state index contributed by atoms with van der Waals surface area (Å²) in [6, 6.07) is 28.7. The first-order valence-corrected chi connectivity index (χ1v) is 12.3. The van der Waals surface area contributed by atoms with E-state index in [1.165, 1.54) is 0 Å². The summed E-state index contributed by atoms with van der Waals surface area (Å²) < 4.78 is 7.86. The Morgan fingerprint density at radius 3 is 2.16 bits per heavy atom. The molecule has 0 amide bonds. The quantitative estimate of drug-likeness (QED) is 0.190. The number of carbonyl (C=O) groups is 2. The summed E-state index contributed by atoms with van der Waals surface area (Å²) >= 11 is 0. The van der Waals surface area contributed by atoms with Gasteiger partial charge in [-0.15, -0.1) is 0 Å². The predicted octanol–water partition coefficient (Wildman–Crippen LogP) is 7.05. The van der Waals surface area contributed by atoms with Gasteiger partial charge in [0.15, 0.2) is 6.10 Å². The largest absolute Gasteiger partial charge is 0.451 e. The molecule has 3 aromatic carbocycles. The molecule has 5 nitrogen and oxygen atoms in total. The third-order valence-corrected chi connectivity index (χ3v) is 6.59. The number of fused-ring (bicyclic) bond motifs is 1. The van der Waals surface area contributed by atoms with Gasteiger partial charge in [-0.1, -0.05) is 54.1 Å². The zero-order valence-corrected chi connectivity index (χ0v) is 21.4. The van der Waals surface area contributed by atoms with E-state index < -0.39 is 12.1 Å². The fourth-order valence-electron chi connectivity index (χ4n) is 4.63. The summed E-state index contributed by atoms with van der Waals surface area (Å²) in [5.41, 5.74) is 7.53. The number of hydrogen-bond acceptors (Lipinski definition) is 4. The minimum Gasteiger partial charge on any atom is -0.451 e. The van der Waals surface area contributed by atoms with Crippen LogP contribution in [0.1, 0.15) is 44.6 Å². The molecule has 5 rings (SSSR count). The summed E-state index contributed by atoms with van der Waals surface area (Å²) in [4.78, 5) is 31.0. The minimum atomic E-state index is -0.918. The second-order valence-corrected chi connectivity index (χ2v) is 9.35. The summed E-state index contributed by atoms with van der Waals surface area (Å²) in [5.74, 6) is -0.791. The molecular formula is C32H28N2O3. The van der Waals surface area contributed by atoms with Crippen molar-refractivity contribution in [2.75, 3.05) is 0 Å².